The fraction of sp³-hybridized carbons (Fsp3) is 0.375. The van der Waals surface area contributed by atoms with Gasteiger partial charge in [0.2, 0.25) is 0 Å². The summed E-state index contributed by atoms with van der Waals surface area (Å²) in [6.07, 6.45) is -1.57. The molecular formula is C8H9BrF2N2O. The van der Waals surface area contributed by atoms with E-state index in [0.717, 1.165) is 6.20 Å². The number of nitrogens with zero attached hydrogens (tertiary/aromatic N) is 1. The molecule has 1 aromatic heterocycles. The summed E-state index contributed by atoms with van der Waals surface area (Å²) < 4.78 is 25.0. The van der Waals surface area contributed by atoms with Crippen LogP contribution in [0.15, 0.2) is 6.20 Å². The Balaban J connectivity index is 3.33. The molecule has 1 aromatic rings. The predicted octanol–water partition coefficient (Wildman–Crippen LogP) is 1.99. The fourth-order valence-corrected chi connectivity index (χ4v) is 1.81. The molecule has 78 valence electrons. The smallest absolute Gasteiger partial charge is 0.265 e. The van der Waals surface area contributed by atoms with E-state index in [9.17, 15) is 8.78 Å². The Labute approximate surface area is 88.1 Å². The maximum atomic E-state index is 12.5. The van der Waals surface area contributed by atoms with Crippen molar-refractivity contribution in [2.45, 2.75) is 18.4 Å². The van der Waals surface area contributed by atoms with Crippen molar-refractivity contribution in [3.05, 3.63) is 22.9 Å². The highest BCUT2D eigenvalue weighted by Crippen LogP contribution is 2.28. The van der Waals surface area contributed by atoms with Crippen LogP contribution < -0.4 is 5.73 Å². The maximum Gasteiger partial charge on any atom is 0.265 e. The van der Waals surface area contributed by atoms with Crippen molar-refractivity contribution in [1.29, 1.82) is 0 Å². The van der Waals surface area contributed by atoms with Gasteiger partial charge in [0.15, 0.2) is 0 Å². The first-order valence-corrected chi connectivity index (χ1v) is 4.95. The Morgan fingerprint density at radius 1 is 1.50 bits per heavy atom. The number of aliphatic hydroxyl groups excluding tert-OH is 1. The monoisotopic (exact) mass is 266 g/mol. The summed E-state index contributed by atoms with van der Waals surface area (Å²) in [5, 5.41) is 9.17. The van der Waals surface area contributed by atoms with Gasteiger partial charge in [-0.05, 0) is 5.56 Å². The quantitative estimate of drug-likeness (QED) is 0.823. The Hall–Kier alpha value is -0.750. The van der Waals surface area contributed by atoms with E-state index in [1.165, 1.54) is 0 Å². The van der Waals surface area contributed by atoms with E-state index < -0.39 is 6.43 Å². The van der Waals surface area contributed by atoms with Gasteiger partial charge in [0.05, 0.1) is 6.61 Å². The number of rotatable bonds is 3. The van der Waals surface area contributed by atoms with E-state index in [1.807, 2.05) is 0 Å². The lowest BCUT2D eigenvalue weighted by Crippen LogP contribution is -2.06. The summed E-state index contributed by atoms with van der Waals surface area (Å²) in [5.41, 5.74) is 5.82. The molecule has 0 fully saturated rings. The van der Waals surface area contributed by atoms with Crippen LogP contribution in [0.1, 0.15) is 23.1 Å². The highest BCUT2D eigenvalue weighted by Gasteiger charge is 2.17. The van der Waals surface area contributed by atoms with Crippen LogP contribution in [0.25, 0.3) is 0 Å². The Morgan fingerprint density at radius 3 is 2.57 bits per heavy atom. The SMILES string of the molecule is Nc1ncc(C(F)F)c(CBr)c1CO. The average Bonchev–Trinajstić information content (AvgIpc) is 2.16. The third kappa shape index (κ3) is 2.01. The lowest BCUT2D eigenvalue weighted by molar-refractivity contribution is 0.149. The standard InChI is InChI=1S/C8H9BrF2N2O/c9-1-4-5(7(10)11)2-13-8(12)6(4)3-14/h2,7,14H,1,3H2,(H2,12,13). The molecule has 0 aliphatic carbocycles. The normalized spacial score (nSPS) is 10.9. The molecular weight excluding hydrogens is 258 g/mol. The molecule has 0 aromatic carbocycles. The number of nitrogens with two attached hydrogens (primary N) is 1. The number of hydrogen-bond acceptors (Lipinski definition) is 3. The number of halogens is 3. The van der Waals surface area contributed by atoms with Gasteiger partial charge in [-0.2, -0.15) is 0 Å². The Morgan fingerprint density at radius 2 is 2.14 bits per heavy atom. The van der Waals surface area contributed by atoms with Crippen LogP contribution in [0.4, 0.5) is 14.6 Å². The minimum absolute atomic E-state index is 0.0892. The molecule has 0 bridgehead atoms. The zero-order valence-corrected chi connectivity index (χ0v) is 8.76. The van der Waals surface area contributed by atoms with Crippen molar-refractivity contribution in [3.8, 4) is 0 Å². The molecule has 0 aliphatic heterocycles. The zero-order chi connectivity index (χ0) is 10.7. The summed E-state index contributed by atoms with van der Waals surface area (Å²) in [5.74, 6) is 0.0892. The van der Waals surface area contributed by atoms with Crippen molar-refractivity contribution in [3.63, 3.8) is 0 Å². The Bertz CT molecular complexity index is 333. The number of pyridine rings is 1. The van der Waals surface area contributed by atoms with E-state index in [-0.39, 0.29) is 28.9 Å². The van der Waals surface area contributed by atoms with Gasteiger partial charge in [-0.15, -0.1) is 0 Å². The van der Waals surface area contributed by atoms with Crippen molar-refractivity contribution in [1.82, 2.24) is 4.98 Å². The first kappa shape index (κ1) is 11.3. The molecule has 1 heterocycles. The van der Waals surface area contributed by atoms with Gasteiger partial charge in [-0.1, -0.05) is 15.9 Å². The number of hydrogen-bond donors (Lipinski definition) is 2. The molecule has 1 rings (SSSR count). The molecule has 3 nitrogen and oxygen atoms in total. The third-order valence-electron chi connectivity index (χ3n) is 1.89. The van der Waals surface area contributed by atoms with Crippen LogP contribution in [-0.4, -0.2) is 10.1 Å². The number of aliphatic hydroxyl groups is 1. The molecule has 0 unspecified atom stereocenters. The minimum Gasteiger partial charge on any atom is -0.392 e. The molecule has 0 saturated heterocycles. The van der Waals surface area contributed by atoms with Crippen LogP contribution in [0, 0.1) is 0 Å². The van der Waals surface area contributed by atoms with Crippen molar-refractivity contribution < 1.29 is 13.9 Å². The largest absolute Gasteiger partial charge is 0.392 e. The van der Waals surface area contributed by atoms with Gasteiger partial charge in [-0.3, -0.25) is 0 Å². The number of nitrogen functional groups attached to an aromatic ring is 1. The van der Waals surface area contributed by atoms with E-state index in [1.54, 1.807) is 0 Å². The molecule has 0 atom stereocenters. The van der Waals surface area contributed by atoms with E-state index >= 15 is 0 Å². The zero-order valence-electron chi connectivity index (χ0n) is 7.17. The molecule has 14 heavy (non-hydrogen) atoms. The molecule has 6 heteroatoms. The molecule has 0 saturated carbocycles. The first-order valence-electron chi connectivity index (χ1n) is 3.82. The lowest BCUT2D eigenvalue weighted by atomic mass is 10.1. The van der Waals surface area contributed by atoms with E-state index in [4.69, 9.17) is 10.8 Å². The molecule has 3 N–H and O–H groups in total. The molecule has 0 amide bonds. The van der Waals surface area contributed by atoms with Crippen molar-refractivity contribution in [2.75, 3.05) is 5.73 Å². The van der Waals surface area contributed by atoms with Crippen LogP contribution >= 0.6 is 15.9 Å². The van der Waals surface area contributed by atoms with E-state index in [2.05, 4.69) is 20.9 Å². The molecule has 0 aliphatic rings. The van der Waals surface area contributed by atoms with Gasteiger partial charge >= 0.3 is 0 Å². The fourth-order valence-electron chi connectivity index (χ4n) is 1.15. The summed E-state index contributed by atoms with van der Waals surface area (Å²) in [7, 11) is 0. The van der Waals surface area contributed by atoms with Crippen LogP contribution in [-0.2, 0) is 11.9 Å². The van der Waals surface area contributed by atoms with Crippen molar-refractivity contribution >= 4 is 21.7 Å². The van der Waals surface area contributed by atoms with Gasteiger partial charge < -0.3 is 10.8 Å². The minimum atomic E-state index is -2.61. The summed E-state index contributed by atoms with van der Waals surface area (Å²) in [4.78, 5) is 3.60. The summed E-state index contributed by atoms with van der Waals surface area (Å²) in [6.45, 7) is -0.389. The molecule has 0 radical (unpaired) electrons. The molecule has 0 spiro atoms. The van der Waals surface area contributed by atoms with Gasteiger partial charge in [0, 0.05) is 22.7 Å². The van der Waals surface area contributed by atoms with Gasteiger partial charge in [0.25, 0.3) is 6.43 Å². The second-order valence-electron chi connectivity index (χ2n) is 2.65. The van der Waals surface area contributed by atoms with Crippen molar-refractivity contribution in [2.24, 2.45) is 0 Å². The second kappa shape index (κ2) is 4.65. The predicted molar refractivity (Wildman–Crippen MR) is 52.2 cm³/mol. The highest BCUT2D eigenvalue weighted by molar-refractivity contribution is 9.08. The summed E-state index contributed by atoms with van der Waals surface area (Å²) in [6, 6.07) is 0. The average molecular weight is 267 g/mol. The second-order valence-corrected chi connectivity index (χ2v) is 3.21. The topological polar surface area (TPSA) is 59.1 Å². The van der Waals surface area contributed by atoms with E-state index in [0.29, 0.717) is 5.56 Å². The van der Waals surface area contributed by atoms with Crippen LogP contribution in [0.2, 0.25) is 0 Å². The van der Waals surface area contributed by atoms with Crippen LogP contribution in [0.5, 0.6) is 0 Å². The Kier molecular flexibility index (Phi) is 3.77. The summed E-state index contributed by atoms with van der Waals surface area (Å²) >= 11 is 3.07. The number of aromatic nitrogens is 1. The third-order valence-corrected chi connectivity index (χ3v) is 2.45. The highest BCUT2D eigenvalue weighted by atomic mass is 79.9. The van der Waals surface area contributed by atoms with Gasteiger partial charge in [0.1, 0.15) is 5.82 Å². The lowest BCUT2D eigenvalue weighted by Gasteiger charge is -2.11. The number of alkyl halides is 3. The number of anilines is 1. The maximum absolute atomic E-state index is 12.5. The van der Waals surface area contributed by atoms with Gasteiger partial charge in [-0.25, -0.2) is 13.8 Å². The van der Waals surface area contributed by atoms with Crippen LogP contribution in [0.3, 0.4) is 0 Å². The first-order chi connectivity index (χ1) is 6.61.